The maximum Gasteiger partial charge on any atom is 0.405 e. The van der Waals surface area contributed by atoms with E-state index in [4.69, 9.17) is 0 Å². The summed E-state index contributed by atoms with van der Waals surface area (Å²) in [6.07, 6.45) is 0.0973. The van der Waals surface area contributed by atoms with Crippen LogP contribution in [-0.2, 0) is 4.84 Å². The Morgan fingerprint density at radius 2 is 1.19 bits per heavy atom. The van der Waals surface area contributed by atoms with Crippen LogP contribution in [-0.4, -0.2) is 75.9 Å². The summed E-state index contributed by atoms with van der Waals surface area (Å²) < 4.78 is 76.5. The number of aromatic nitrogens is 4. The fourth-order valence-corrected chi connectivity index (χ4v) is 4.91. The maximum atomic E-state index is 12.2. The first-order valence-electron chi connectivity index (χ1n) is 15.6. The van der Waals surface area contributed by atoms with E-state index in [2.05, 4.69) is 30.6 Å². The molecule has 19 heteroatoms. The molecule has 0 spiro atoms. The van der Waals surface area contributed by atoms with E-state index in [1.54, 1.807) is 94.4 Å². The Morgan fingerprint density at radius 3 is 1.63 bits per heavy atom. The zero-order valence-electron chi connectivity index (χ0n) is 27.9. The Labute approximate surface area is 301 Å². The first-order chi connectivity index (χ1) is 25.7. The molecule has 4 heterocycles. The monoisotopic (exact) mass is 753 g/mol. The number of pyridine rings is 2. The number of rotatable bonds is 9. The van der Waals surface area contributed by atoms with Crippen LogP contribution in [0.1, 0.15) is 15.9 Å². The molecule has 0 radical (unpaired) electrons. The first-order valence-corrected chi connectivity index (χ1v) is 15.6. The number of nitrogens with zero attached hydrogens (tertiary/aromatic N) is 5. The van der Waals surface area contributed by atoms with E-state index >= 15 is 0 Å². The summed E-state index contributed by atoms with van der Waals surface area (Å²) in [6.45, 7) is -2.81. The fraction of sp³-hybridized carbons (Fsp3) is 0.143. The van der Waals surface area contributed by atoms with Gasteiger partial charge in [0.1, 0.15) is 37.8 Å². The number of hydrogen-bond donors (Lipinski definition) is 4. The standard InChI is InChI=1S/C18H16F3N5O2.C17H13F3N4O2/c1-28-24-9-12-5-6-26-15(10-22-16(26)7-12)13-3-2-4-14(8-13)25-17(27)23-11-18(19,20)21;18-17(19,20)10-22-16(26)23-13-3-1-2-12(7-13)14-8-21-15-6-11(9-25)4-5-24(14)15/h2-10H,11H2,1H3,(H2,23,25,27);1-9H,10H2,(H2,22,23,26)/b24-9+;. The number of imidazole rings is 2. The third-order valence-corrected chi connectivity index (χ3v) is 7.25. The van der Waals surface area contributed by atoms with E-state index in [1.165, 1.54) is 7.11 Å². The van der Waals surface area contributed by atoms with Gasteiger partial charge in [0, 0.05) is 46.0 Å². The zero-order valence-corrected chi connectivity index (χ0v) is 27.9. The zero-order chi connectivity index (χ0) is 38.9. The predicted octanol–water partition coefficient (Wildman–Crippen LogP) is 7.16. The smallest absolute Gasteiger partial charge is 0.399 e. The lowest BCUT2D eigenvalue weighted by atomic mass is 10.1. The molecule has 0 bridgehead atoms. The lowest BCUT2D eigenvalue weighted by Crippen LogP contribution is -2.36. The Morgan fingerprint density at radius 1 is 0.722 bits per heavy atom. The van der Waals surface area contributed by atoms with Gasteiger partial charge in [0.05, 0.1) is 30.0 Å². The number of alkyl halides is 6. The molecule has 0 fully saturated rings. The van der Waals surface area contributed by atoms with Crippen molar-refractivity contribution in [2.45, 2.75) is 12.4 Å². The molecule has 6 aromatic rings. The van der Waals surface area contributed by atoms with Crippen molar-refractivity contribution in [2.75, 3.05) is 30.8 Å². The van der Waals surface area contributed by atoms with Gasteiger partial charge in [-0.15, -0.1) is 0 Å². The number of fused-ring (bicyclic) bond motifs is 2. The Bertz CT molecular complexity index is 2300. The highest BCUT2D eigenvalue weighted by Gasteiger charge is 2.28. The number of anilines is 2. The van der Waals surface area contributed by atoms with Gasteiger partial charge in [0.15, 0.2) is 0 Å². The van der Waals surface area contributed by atoms with Gasteiger partial charge in [-0.05, 0) is 48.5 Å². The molecule has 280 valence electrons. The molecule has 13 nitrogen and oxygen atoms in total. The summed E-state index contributed by atoms with van der Waals surface area (Å²) in [7, 11) is 1.45. The van der Waals surface area contributed by atoms with Crippen molar-refractivity contribution in [1.82, 2.24) is 29.4 Å². The van der Waals surface area contributed by atoms with Crippen molar-refractivity contribution in [3.63, 3.8) is 0 Å². The van der Waals surface area contributed by atoms with Gasteiger partial charge < -0.3 is 26.1 Å². The van der Waals surface area contributed by atoms with Crippen LogP contribution in [0.3, 0.4) is 0 Å². The summed E-state index contributed by atoms with van der Waals surface area (Å²) in [4.78, 5) is 47.3. The second-order valence-electron chi connectivity index (χ2n) is 11.2. The number of hydrogen-bond acceptors (Lipinski definition) is 7. The number of benzene rings is 2. The van der Waals surface area contributed by atoms with Gasteiger partial charge >= 0.3 is 24.4 Å². The second kappa shape index (κ2) is 16.6. The number of amides is 4. The molecule has 4 aromatic heterocycles. The molecule has 4 N–H and O–H groups in total. The molecule has 0 aliphatic rings. The van der Waals surface area contributed by atoms with Gasteiger partial charge in [0.25, 0.3) is 0 Å². The number of aldehydes is 1. The average Bonchev–Trinajstić information content (AvgIpc) is 3.76. The molecule has 0 unspecified atom stereocenters. The van der Waals surface area contributed by atoms with Gasteiger partial charge in [-0.1, -0.05) is 29.4 Å². The second-order valence-corrected chi connectivity index (χ2v) is 11.2. The lowest BCUT2D eigenvalue weighted by molar-refractivity contribution is -0.123. The third-order valence-electron chi connectivity index (χ3n) is 7.25. The summed E-state index contributed by atoms with van der Waals surface area (Å²) >= 11 is 0. The van der Waals surface area contributed by atoms with Crippen molar-refractivity contribution in [3.8, 4) is 22.5 Å². The molecule has 0 saturated carbocycles. The van der Waals surface area contributed by atoms with Crippen LogP contribution in [0.25, 0.3) is 33.8 Å². The Kier molecular flexibility index (Phi) is 11.8. The van der Waals surface area contributed by atoms with Gasteiger partial charge in [-0.2, -0.15) is 26.3 Å². The summed E-state index contributed by atoms with van der Waals surface area (Å²) in [5.74, 6) is 0. The molecule has 54 heavy (non-hydrogen) atoms. The minimum atomic E-state index is -4.48. The van der Waals surface area contributed by atoms with Crippen LogP contribution < -0.4 is 21.3 Å². The van der Waals surface area contributed by atoms with Crippen LogP contribution >= 0.6 is 0 Å². The molecule has 0 aliphatic heterocycles. The minimum absolute atomic E-state index is 0.335. The van der Waals surface area contributed by atoms with Crippen LogP contribution in [0, 0.1) is 0 Å². The van der Waals surface area contributed by atoms with Crippen LogP contribution in [0.5, 0.6) is 0 Å². The number of carbonyl (C=O) groups excluding carboxylic acids is 3. The highest BCUT2D eigenvalue weighted by molar-refractivity contribution is 5.91. The molecule has 0 atom stereocenters. The quantitative estimate of drug-likeness (QED) is 0.0532. The van der Waals surface area contributed by atoms with E-state index in [0.29, 0.717) is 39.5 Å². The highest BCUT2D eigenvalue weighted by atomic mass is 19.4. The fourth-order valence-electron chi connectivity index (χ4n) is 4.91. The summed E-state index contributed by atoms with van der Waals surface area (Å²) in [6, 6.07) is 18.4. The van der Waals surface area contributed by atoms with E-state index in [-0.39, 0.29) is 0 Å². The van der Waals surface area contributed by atoms with E-state index in [9.17, 15) is 40.7 Å². The number of halogens is 6. The third kappa shape index (κ3) is 10.6. The number of urea groups is 2. The van der Waals surface area contributed by atoms with Crippen LogP contribution in [0.4, 0.5) is 47.3 Å². The maximum absolute atomic E-state index is 12.2. The molecule has 6 rings (SSSR count). The Hall–Kier alpha value is -6.92. The molecule has 0 saturated heterocycles. The van der Waals surface area contributed by atoms with E-state index in [0.717, 1.165) is 23.1 Å². The van der Waals surface area contributed by atoms with E-state index < -0.39 is 37.5 Å². The normalized spacial score (nSPS) is 11.5. The van der Waals surface area contributed by atoms with Crippen LogP contribution in [0.15, 0.2) is 103 Å². The van der Waals surface area contributed by atoms with E-state index in [1.807, 2.05) is 28.8 Å². The van der Waals surface area contributed by atoms with Crippen LogP contribution in [0.2, 0.25) is 0 Å². The highest BCUT2D eigenvalue weighted by Crippen LogP contribution is 2.26. The minimum Gasteiger partial charge on any atom is -0.399 e. The van der Waals surface area contributed by atoms with Gasteiger partial charge in [-0.3, -0.25) is 13.6 Å². The van der Waals surface area contributed by atoms with Crippen molar-refractivity contribution in [2.24, 2.45) is 5.16 Å². The average molecular weight is 754 g/mol. The number of nitrogens with one attached hydrogen (secondary N) is 4. The molecular formula is C35H29F6N9O4. The summed E-state index contributed by atoms with van der Waals surface area (Å²) in [5, 5.41) is 12.0. The van der Waals surface area contributed by atoms with Gasteiger partial charge in [-0.25, -0.2) is 19.6 Å². The van der Waals surface area contributed by atoms with Crippen molar-refractivity contribution in [1.29, 1.82) is 0 Å². The number of oxime groups is 1. The van der Waals surface area contributed by atoms with Gasteiger partial charge in [0.2, 0.25) is 0 Å². The Balaban J connectivity index is 0.000000208. The first kappa shape index (κ1) is 38.3. The molecule has 2 aromatic carbocycles. The lowest BCUT2D eigenvalue weighted by Gasteiger charge is -2.10. The SMILES string of the molecule is CO/N=C/c1ccn2c(-c3cccc(NC(=O)NCC(F)(F)F)c3)cnc2c1.O=Cc1ccn2c(-c3cccc(NC(=O)NCC(F)(F)F)c3)cnc2c1. The topological polar surface area (TPSA) is 156 Å². The molecule has 0 aliphatic carbocycles. The predicted molar refractivity (Wildman–Crippen MR) is 187 cm³/mol. The van der Waals surface area contributed by atoms with Crippen molar-refractivity contribution in [3.05, 3.63) is 109 Å². The number of carbonyl (C=O) groups is 3. The largest absolute Gasteiger partial charge is 0.405 e. The molecule has 4 amide bonds. The van der Waals surface area contributed by atoms with Crippen molar-refractivity contribution >= 4 is 47.2 Å². The molecular weight excluding hydrogens is 724 g/mol. The van der Waals surface area contributed by atoms with Crippen molar-refractivity contribution < 1.29 is 45.6 Å². The summed E-state index contributed by atoms with van der Waals surface area (Å²) in [5.41, 5.74) is 6.14.